The number of rotatable bonds is 12. The van der Waals surface area contributed by atoms with Crippen molar-refractivity contribution in [3.63, 3.8) is 0 Å². The van der Waals surface area contributed by atoms with Crippen LogP contribution in [0.25, 0.3) is 10.9 Å². The third-order valence-electron chi connectivity index (χ3n) is 7.47. The van der Waals surface area contributed by atoms with E-state index in [9.17, 15) is 9.59 Å². The maximum Gasteiger partial charge on any atom is 0.310 e. The molecule has 1 fully saturated rings. The van der Waals surface area contributed by atoms with E-state index in [-0.39, 0.29) is 23.5 Å². The number of carbonyl (C=O) groups excluding carboxylic acids is 2. The van der Waals surface area contributed by atoms with E-state index < -0.39 is 0 Å². The Kier molecular flexibility index (Phi) is 9.36. The number of likely N-dealkylation sites (tertiary alicyclic amines) is 1. The lowest BCUT2D eigenvalue weighted by Crippen LogP contribution is -2.43. The Morgan fingerprint density at radius 1 is 1.10 bits per heavy atom. The number of benzene rings is 2. The Morgan fingerprint density at radius 2 is 1.93 bits per heavy atom. The monoisotopic (exact) mass is 558 g/mol. The number of ether oxygens (including phenoxy) is 2. The van der Waals surface area contributed by atoms with Gasteiger partial charge in [0.2, 0.25) is 5.89 Å². The summed E-state index contributed by atoms with van der Waals surface area (Å²) in [6.45, 7) is 7.57. The van der Waals surface area contributed by atoms with E-state index in [0.29, 0.717) is 45.3 Å². The molecule has 2 aromatic heterocycles. The van der Waals surface area contributed by atoms with Gasteiger partial charge in [0, 0.05) is 43.3 Å². The molecule has 41 heavy (non-hydrogen) atoms. The highest BCUT2D eigenvalue weighted by atomic mass is 16.5. The van der Waals surface area contributed by atoms with Crippen molar-refractivity contribution in [2.75, 3.05) is 32.8 Å². The van der Waals surface area contributed by atoms with Gasteiger partial charge in [-0.25, -0.2) is 4.98 Å². The molecule has 216 valence electrons. The van der Waals surface area contributed by atoms with Crippen molar-refractivity contribution in [3.8, 4) is 5.75 Å². The fourth-order valence-electron chi connectivity index (χ4n) is 5.40. The summed E-state index contributed by atoms with van der Waals surface area (Å²) in [5.41, 5.74) is 3.79. The normalized spacial score (nSPS) is 15.4. The Bertz CT molecular complexity index is 1440. The zero-order chi connectivity index (χ0) is 28.6. The second-order valence-corrected chi connectivity index (χ2v) is 10.4. The lowest BCUT2D eigenvalue weighted by molar-refractivity contribution is -0.149. The number of hydrogen-bond acceptors (Lipinski definition) is 7. The van der Waals surface area contributed by atoms with Gasteiger partial charge in [-0.1, -0.05) is 30.3 Å². The fourth-order valence-corrected chi connectivity index (χ4v) is 5.40. The number of amides is 1. The molecule has 2 aromatic carbocycles. The van der Waals surface area contributed by atoms with Crippen molar-refractivity contribution in [1.29, 1.82) is 0 Å². The number of nitrogens with one attached hydrogen (secondary N) is 1. The summed E-state index contributed by atoms with van der Waals surface area (Å²) in [5, 5.41) is 1.22. The summed E-state index contributed by atoms with van der Waals surface area (Å²) in [5.74, 6) is 0.572. The molecule has 0 radical (unpaired) electrons. The van der Waals surface area contributed by atoms with Gasteiger partial charge in [0.05, 0.1) is 25.7 Å². The zero-order valence-corrected chi connectivity index (χ0v) is 23.8. The van der Waals surface area contributed by atoms with Gasteiger partial charge in [-0.05, 0) is 62.4 Å². The average molecular weight is 559 g/mol. The van der Waals surface area contributed by atoms with Gasteiger partial charge in [0.15, 0.2) is 5.69 Å². The van der Waals surface area contributed by atoms with Gasteiger partial charge in [-0.3, -0.25) is 14.5 Å². The van der Waals surface area contributed by atoms with Gasteiger partial charge in [-0.15, -0.1) is 0 Å². The molecule has 0 spiro atoms. The number of esters is 1. The third kappa shape index (κ3) is 7.16. The summed E-state index contributed by atoms with van der Waals surface area (Å²) >= 11 is 0. The average Bonchev–Trinajstić information content (AvgIpc) is 3.64. The Morgan fingerprint density at radius 3 is 2.73 bits per heavy atom. The molecule has 1 N–H and O–H groups in total. The second kappa shape index (κ2) is 13.5. The summed E-state index contributed by atoms with van der Waals surface area (Å²) < 4.78 is 16.6. The van der Waals surface area contributed by atoms with Crippen LogP contribution in [0.4, 0.5) is 0 Å². The van der Waals surface area contributed by atoms with E-state index in [1.807, 2.05) is 25.1 Å². The highest BCUT2D eigenvalue weighted by Gasteiger charge is 2.31. The number of nitrogens with zero attached hydrogens (tertiary/aromatic N) is 3. The van der Waals surface area contributed by atoms with Crippen molar-refractivity contribution < 1.29 is 23.5 Å². The topological polar surface area (TPSA) is 101 Å². The largest absolute Gasteiger partial charge is 0.494 e. The first-order chi connectivity index (χ1) is 20.0. The van der Waals surface area contributed by atoms with Crippen molar-refractivity contribution in [2.24, 2.45) is 5.92 Å². The molecule has 0 aliphatic carbocycles. The van der Waals surface area contributed by atoms with Crippen molar-refractivity contribution >= 4 is 22.8 Å². The summed E-state index contributed by atoms with van der Waals surface area (Å²) in [6.07, 6.45) is 5.83. The number of oxazole rings is 1. The first-order valence-corrected chi connectivity index (χ1v) is 14.4. The minimum Gasteiger partial charge on any atom is -0.494 e. The number of hydrogen-bond donors (Lipinski definition) is 1. The van der Waals surface area contributed by atoms with Crippen LogP contribution in [-0.2, 0) is 29.0 Å². The molecule has 1 aliphatic heterocycles. The van der Waals surface area contributed by atoms with Crippen LogP contribution in [0.2, 0.25) is 0 Å². The van der Waals surface area contributed by atoms with Crippen LogP contribution < -0.4 is 4.74 Å². The maximum absolute atomic E-state index is 13.2. The number of carbonyl (C=O) groups is 2. The van der Waals surface area contributed by atoms with E-state index >= 15 is 0 Å². The first kappa shape index (κ1) is 28.4. The van der Waals surface area contributed by atoms with Crippen LogP contribution in [-0.4, -0.2) is 64.5 Å². The zero-order valence-electron chi connectivity index (χ0n) is 23.8. The fraction of sp³-hybridized carbons (Fsp3) is 0.406. The van der Waals surface area contributed by atoms with E-state index in [0.717, 1.165) is 42.6 Å². The van der Waals surface area contributed by atoms with E-state index in [1.54, 1.807) is 11.8 Å². The van der Waals surface area contributed by atoms with Crippen LogP contribution in [0.5, 0.6) is 5.75 Å². The Balaban J connectivity index is 1.27. The molecule has 0 saturated carbocycles. The quantitative estimate of drug-likeness (QED) is 0.238. The molecule has 1 aliphatic rings. The minimum atomic E-state index is -0.298. The van der Waals surface area contributed by atoms with Crippen molar-refractivity contribution in [3.05, 3.63) is 83.7 Å². The lowest BCUT2D eigenvalue weighted by atomic mass is 9.98. The highest BCUT2D eigenvalue weighted by Crippen LogP contribution is 2.22. The minimum absolute atomic E-state index is 0.217. The molecule has 9 nitrogen and oxygen atoms in total. The molecule has 0 bridgehead atoms. The highest BCUT2D eigenvalue weighted by molar-refractivity contribution is 5.92. The van der Waals surface area contributed by atoms with E-state index in [2.05, 4.69) is 51.4 Å². The van der Waals surface area contributed by atoms with Gasteiger partial charge in [0.25, 0.3) is 5.91 Å². The molecule has 5 rings (SSSR count). The molecular weight excluding hydrogens is 520 g/mol. The Labute approximate surface area is 240 Å². The van der Waals surface area contributed by atoms with Crippen LogP contribution in [0, 0.1) is 5.92 Å². The Hall–Kier alpha value is -4.11. The number of aromatic amines is 1. The van der Waals surface area contributed by atoms with Gasteiger partial charge in [0.1, 0.15) is 12.0 Å². The molecule has 3 heterocycles. The van der Waals surface area contributed by atoms with Crippen LogP contribution in [0.15, 0.2) is 65.4 Å². The summed E-state index contributed by atoms with van der Waals surface area (Å²) in [7, 11) is 0. The maximum atomic E-state index is 13.2. The lowest BCUT2D eigenvalue weighted by Gasteiger charge is -2.30. The number of piperidine rings is 1. The number of fused-ring (bicyclic) bond motifs is 1. The predicted molar refractivity (Wildman–Crippen MR) is 155 cm³/mol. The molecule has 1 atom stereocenters. The SMILES string of the molecule is CCOC(=O)C1CCCN(C(=O)c2coc(CN(CCc3c[nH]c4ccccc34)Cc3ccc(OCC)cc3)n2)C1. The van der Waals surface area contributed by atoms with E-state index in [1.165, 1.54) is 17.2 Å². The van der Waals surface area contributed by atoms with Gasteiger partial charge >= 0.3 is 5.97 Å². The van der Waals surface area contributed by atoms with E-state index in [4.69, 9.17) is 13.9 Å². The van der Waals surface area contributed by atoms with Crippen molar-refractivity contribution in [1.82, 2.24) is 19.8 Å². The van der Waals surface area contributed by atoms with Crippen molar-refractivity contribution in [2.45, 2.75) is 46.2 Å². The van der Waals surface area contributed by atoms with Gasteiger partial charge < -0.3 is 23.8 Å². The number of aromatic nitrogens is 2. The summed E-state index contributed by atoms with van der Waals surface area (Å²) in [4.78, 5) is 37.3. The predicted octanol–water partition coefficient (Wildman–Crippen LogP) is 5.21. The molecule has 4 aromatic rings. The molecule has 9 heteroatoms. The van der Waals surface area contributed by atoms with Crippen LogP contribution >= 0.6 is 0 Å². The number of H-pyrrole nitrogens is 1. The number of para-hydroxylation sites is 1. The molecule has 1 amide bonds. The van der Waals surface area contributed by atoms with Crippen LogP contribution in [0.3, 0.4) is 0 Å². The van der Waals surface area contributed by atoms with Gasteiger partial charge in [-0.2, -0.15) is 0 Å². The molecule has 1 unspecified atom stereocenters. The smallest absolute Gasteiger partial charge is 0.310 e. The molecular formula is C32H38N4O5. The molecule has 1 saturated heterocycles. The second-order valence-electron chi connectivity index (χ2n) is 10.4. The third-order valence-corrected chi connectivity index (χ3v) is 7.47. The first-order valence-electron chi connectivity index (χ1n) is 14.4. The van der Waals surface area contributed by atoms with Crippen LogP contribution in [0.1, 0.15) is 54.2 Å². The standard InChI is InChI=1S/C32H38N4O5/c1-3-39-26-13-11-23(12-14-26)19-35(17-15-24-18-33-28-10-6-5-9-27(24)28)21-30-34-29(22-41-30)31(37)36-16-7-8-25(20-36)32(38)40-4-2/h5-6,9-14,18,22,25,33H,3-4,7-8,15-17,19-21H2,1-2H3. The summed E-state index contributed by atoms with van der Waals surface area (Å²) in [6, 6.07) is 16.4.